The summed E-state index contributed by atoms with van der Waals surface area (Å²) in [7, 11) is -1.48. The number of allylic oxidation sites excluding steroid dienone is 2. The zero-order valence-corrected chi connectivity index (χ0v) is 7.93. The van der Waals surface area contributed by atoms with Crippen molar-refractivity contribution in [3.63, 3.8) is 0 Å². The zero-order chi connectivity index (χ0) is 8.20. The fourth-order valence-corrected chi connectivity index (χ4v) is 1.63. The predicted molar refractivity (Wildman–Crippen MR) is 43.8 cm³/mol. The third-order valence-electron chi connectivity index (χ3n) is 0.735. The van der Waals surface area contributed by atoms with Crippen LogP contribution in [0.5, 0.6) is 0 Å². The van der Waals surface area contributed by atoms with Crippen molar-refractivity contribution in [1.29, 1.82) is 5.26 Å². The molecule has 0 aromatic rings. The Balaban J connectivity index is 3.95. The van der Waals surface area contributed by atoms with Crippen molar-refractivity contribution < 1.29 is 4.43 Å². The maximum absolute atomic E-state index is 8.24. The highest BCUT2D eigenvalue weighted by atomic mass is 28.4. The van der Waals surface area contributed by atoms with E-state index in [1.165, 1.54) is 6.08 Å². The topological polar surface area (TPSA) is 33.0 Å². The summed E-state index contributed by atoms with van der Waals surface area (Å²) in [6.07, 6.45) is 1.43. The summed E-state index contributed by atoms with van der Waals surface area (Å²) in [5.41, 5.74) is 0. The molecule has 2 nitrogen and oxygen atoms in total. The predicted octanol–water partition coefficient (Wildman–Crippen LogP) is 2.27. The molecule has 0 bridgehead atoms. The third kappa shape index (κ3) is 5.38. The molecule has 0 unspecified atom stereocenters. The average molecular weight is 155 g/mol. The Morgan fingerprint density at radius 3 is 2.30 bits per heavy atom. The number of nitriles is 1. The zero-order valence-electron chi connectivity index (χ0n) is 6.93. The number of nitrogens with zero attached hydrogens (tertiary/aromatic N) is 1. The van der Waals surface area contributed by atoms with Gasteiger partial charge in [0, 0.05) is 0 Å². The van der Waals surface area contributed by atoms with Crippen LogP contribution in [0.3, 0.4) is 0 Å². The van der Waals surface area contributed by atoms with Crippen LogP contribution in [-0.2, 0) is 4.43 Å². The Morgan fingerprint density at radius 1 is 1.50 bits per heavy atom. The summed E-state index contributed by atoms with van der Waals surface area (Å²) in [6.45, 7) is 8.06. The minimum absolute atomic E-state index is 0.724. The van der Waals surface area contributed by atoms with Crippen LogP contribution >= 0.6 is 0 Å². The van der Waals surface area contributed by atoms with Crippen molar-refractivity contribution in [1.82, 2.24) is 0 Å². The van der Waals surface area contributed by atoms with E-state index < -0.39 is 8.32 Å². The van der Waals surface area contributed by atoms with Gasteiger partial charge in [-0.1, -0.05) is 0 Å². The maximum atomic E-state index is 8.24. The van der Waals surface area contributed by atoms with Crippen molar-refractivity contribution in [3.8, 4) is 6.07 Å². The molecule has 0 aliphatic rings. The molecule has 56 valence electrons. The van der Waals surface area contributed by atoms with Gasteiger partial charge in [0.1, 0.15) is 0 Å². The van der Waals surface area contributed by atoms with Gasteiger partial charge >= 0.3 is 0 Å². The van der Waals surface area contributed by atoms with E-state index in [9.17, 15) is 0 Å². The summed E-state index contributed by atoms with van der Waals surface area (Å²) in [5, 5.41) is 8.24. The standard InChI is InChI=1S/C7H13NOSi/c1-7(5-6-8)9-10(2,3)4/h5H,1-4H3/b7-5-. The summed E-state index contributed by atoms with van der Waals surface area (Å²) in [4.78, 5) is 0. The van der Waals surface area contributed by atoms with E-state index in [1.54, 1.807) is 0 Å². The Hall–Kier alpha value is -0.753. The first-order chi connectivity index (χ1) is 4.45. The average Bonchev–Trinajstić information content (AvgIpc) is 1.59. The molecule has 0 saturated carbocycles. The molecule has 0 aliphatic carbocycles. The molecule has 0 N–H and O–H groups in total. The minimum atomic E-state index is -1.48. The van der Waals surface area contributed by atoms with Gasteiger partial charge in [-0.2, -0.15) is 5.26 Å². The first kappa shape index (κ1) is 9.25. The molecule has 0 aromatic heterocycles. The van der Waals surface area contributed by atoms with Crippen molar-refractivity contribution in [2.45, 2.75) is 26.6 Å². The van der Waals surface area contributed by atoms with E-state index in [0.717, 1.165) is 5.76 Å². The monoisotopic (exact) mass is 155 g/mol. The molecule has 10 heavy (non-hydrogen) atoms. The molecule has 0 radical (unpaired) electrons. The van der Waals surface area contributed by atoms with Gasteiger partial charge in [0.15, 0.2) is 0 Å². The second kappa shape index (κ2) is 3.42. The quantitative estimate of drug-likeness (QED) is 0.348. The second-order valence-electron chi connectivity index (χ2n) is 3.10. The normalized spacial score (nSPS) is 12.5. The Morgan fingerprint density at radius 2 is 2.00 bits per heavy atom. The molecule has 0 amide bonds. The number of hydrogen-bond donors (Lipinski definition) is 0. The first-order valence-electron chi connectivity index (χ1n) is 3.21. The van der Waals surface area contributed by atoms with Crippen LogP contribution in [0, 0.1) is 11.3 Å². The van der Waals surface area contributed by atoms with E-state index in [4.69, 9.17) is 9.69 Å². The van der Waals surface area contributed by atoms with Gasteiger partial charge in [-0.25, -0.2) is 0 Å². The Kier molecular flexibility index (Phi) is 3.17. The molecule has 0 spiro atoms. The summed E-state index contributed by atoms with van der Waals surface area (Å²) < 4.78 is 5.46. The van der Waals surface area contributed by atoms with Crippen LogP contribution < -0.4 is 0 Å². The lowest BCUT2D eigenvalue weighted by molar-refractivity contribution is 0.425. The van der Waals surface area contributed by atoms with Crippen LogP contribution in [0.4, 0.5) is 0 Å². The molecule has 0 aromatic carbocycles. The molecule has 0 heterocycles. The molecule has 0 fully saturated rings. The highest BCUT2D eigenvalue weighted by Crippen LogP contribution is 2.08. The Labute approximate surface area is 63.2 Å². The fourth-order valence-electron chi connectivity index (χ4n) is 0.603. The molecule has 0 aliphatic heterocycles. The summed E-state index contributed by atoms with van der Waals surface area (Å²) in [6, 6.07) is 1.93. The van der Waals surface area contributed by atoms with Gasteiger partial charge in [-0.15, -0.1) is 0 Å². The van der Waals surface area contributed by atoms with Crippen molar-refractivity contribution in [2.24, 2.45) is 0 Å². The van der Waals surface area contributed by atoms with E-state index in [2.05, 4.69) is 19.6 Å². The lowest BCUT2D eigenvalue weighted by atomic mass is 10.5. The second-order valence-corrected chi connectivity index (χ2v) is 7.53. The van der Waals surface area contributed by atoms with Crippen LogP contribution in [0.25, 0.3) is 0 Å². The minimum Gasteiger partial charge on any atom is -0.547 e. The van der Waals surface area contributed by atoms with E-state index >= 15 is 0 Å². The smallest absolute Gasteiger partial charge is 0.241 e. The maximum Gasteiger partial charge on any atom is 0.241 e. The molecule has 3 heteroatoms. The highest BCUT2D eigenvalue weighted by Gasteiger charge is 2.15. The van der Waals surface area contributed by atoms with Gasteiger partial charge < -0.3 is 4.43 Å². The van der Waals surface area contributed by atoms with Gasteiger partial charge in [-0.05, 0) is 26.6 Å². The molecule has 0 atom stereocenters. The van der Waals surface area contributed by atoms with Gasteiger partial charge in [0.05, 0.1) is 17.9 Å². The van der Waals surface area contributed by atoms with E-state index in [1.807, 2.05) is 13.0 Å². The van der Waals surface area contributed by atoms with Gasteiger partial charge in [0.2, 0.25) is 8.32 Å². The van der Waals surface area contributed by atoms with Crippen LogP contribution in [0.15, 0.2) is 11.8 Å². The highest BCUT2D eigenvalue weighted by molar-refractivity contribution is 6.70. The Bertz CT molecular complexity index is 173. The lowest BCUT2D eigenvalue weighted by Crippen LogP contribution is -2.23. The number of hydrogen-bond acceptors (Lipinski definition) is 2. The van der Waals surface area contributed by atoms with E-state index in [-0.39, 0.29) is 0 Å². The van der Waals surface area contributed by atoms with Crippen molar-refractivity contribution in [3.05, 3.63) is 11.8 Å². The van der Waals surface area contributed by atoms with Gasteiger partial charge in [-0.3, -0.25) is 0 Å². The van der Waals surface area contributed by atoms with Gasteiger partial charge in [0.25, 0.3) is 0 Å². The summed E-state index contributed by atoms with van der Waals surface area (Å²) in [5.74, 6) is 0.724. The van der Waals surface area contributed by atoms with E-state index in [0.29, 0.717) is 0 Å². The molecule has 0 rings (SSSR count). The van der Waals surface area contributed by atoms with Crippen molar-refractivity contribution in [2.75, 3.05) is 0 Å². The van der Waals surface area contributed by atoms with Crippen molar-refractivity contribution >= 4 is 8.32 Å². The first-order valence-corrected chi connectivity index (χ1v) is 6.62. The number of rotatable bonds is 2. The summed E-state index contributed by atoms with van der Waals surface area (Å²) >= 11 is 0. The molecule has 0 saturated heterocycles. The largest absolute Gasteiger partial charge is 0.547 e. The molecular formula is C7H13NOSi. The van der Waals surface area contributed by atoms with Crippen LogP contribution in [0.2, 0.25) is 19.6 Å². The fraction of sp³-hybridized carbons (Fsp3) is 0.571. The van der Waals surface area contributed by atoms with Crippen LogP contribution in [0.1, 0.15) is 6.92 Å². The SMILES string of the molecule is C/C(=C/C#N)O[Si](C)(C)C. The molecular weight excluding hydrogens is 142 g/mol. The van der Waals surface area contributed by atoms with Crippen LogP contribution in [-0.4, -0.2) is 8.32 Å². The lowest BCUT2D eigenvalue weighted by Gasteiger charge is -2.18. The third-order valence-corrected chi connectivity index (χ3v) is 1.67.